The van der Waals surface area contributed by atoms with E-state index in [2.05, 4.69) is 10.4 Å². The largest absolute Gasteiger partial charge is 0.496 e. The zero-order valence-corrected chi connectivity index (χ0v) is 14.5. The number of rotatable bonds is 4. The summed E-state index contributed by atoms with van der Waals surface area (Å²) in [6, 6.07) is 5.64. The molecule has 0 radical (unpaired) electrons. The van der Waals surface area contributed by atoms with Crippen molar-refractivity contribution in [2.45, 2.75) is 19.8 Å². The number of carbonyl (C=O) groups excluding carboxylic acids is 1. The van der Waals surface area contributed by atoms with Crippen molar-refractivity contribution in [2.24, 2.45) is 13.0 Å². The Morgan fingerprint density at radius 2 is 2.29 bits per heavy atom. The lowest BCUT2D eigenvalue weighted by atomic mass is 10.0. The molecule has 3 rings (SSSR count). The highest BCUT2D eigenvalue weighted by molar-refractivity contribution is 5.89. The van der Waals surface area contributed by atoms with E-state index in [9.17, 15) is 4.79 Å². The predicted molar refractivity (Wildman–Crippen MR) is 93.3 cm³/mol. The molecule has 1 fully saturated rings. The van der Waals surface area contributed by atoms with E-state index >= 15 is 0 Å². The number of likely N-dealkylation sites (tertiary alicyclic amines) is 1. The molecule has 1 unspecified atom stereocenters. The summed E-state index contributed by atoms with van der Waals surface area (Å²) in [5.74, 6) is 1.32. The number of aryl methyl sites for hydroxylation is 2. The maximum Gasteiger partial charge on any atom is 0.321 e. The van der Waals surface area contributed by atoms with Gasteiger partial charge in [-0.15, -0.1) is 0 Å². The second kappa shape index (κ2) is 6.95. The molecule has 1 N–H and O–H groups in total. The molecule has 1 aliphatic rings. The van der Waals surface area contributed by atoms with Gasteiger partial charge >= 0.3 is 6.03 Å². The van der Waals surface area contributed by atoms with Crippen molar-refractivity contribution in [2.75, 3.05) is 25.5 Å². The van der Waals surface area contributed by atoms with Gasteiger partial charge in [-0.2, -0.15) is 5.10 Å². The summed E-state index contributed by atoms with van der Waals surface area (Å²) < 4.78 is 7.07. The first-order valence-corrected chi connectivity index (χ1v) is 8.23. The molecule has 128 valence electrons. The molecular weight excluding hydrogens is 304 g/mol. The Labute approximate surface area is 142 Å². The Kier molecular flexibility index (Phi) is 4.74. The Morgan fingerprint density at radius 3 is 2.96 bits per heavy atom. The number of aromatic nitrogens is 2. The first-order chi connectivity index (χ1) is 11.5. The highest BCUT2D eigenvalue weighted by atomic mass is 16.5. The van der Waals surface area contributed by atoms with Crippen LogP contribution in [-0.2, 0) is 13.5 Å². The third kappa shape index (κ3) is 3.69. The molecule has 0 bridgehead atoms. The van der Waals surface area contributed by atoms with Crippen LogP contribution in [0.3, 0.4) is 0 Å². The summed E-state index contributed by atoms with van der Waals surface area (Å²) in [6.45, 7) is 3.55. The number of benzene rings is 1. The van der Waals surface area contributed by atoms with Gasteiger partial charge in [-0.25, -0.2) is 4.79 Å². The average molecular weight is 328 g/mol. The zero-order valence-electron chi connectivity index (χ0n) is 14.5. The number of hydrogen-bond donors (Lipinski definition) is 1. The standard InChI is InChI=1S/C18H24N4O2/c1-13-8-16(4-5-17(13)24-3)20-18(23)22-7-6-14(12-22)9-15-10-19-21(2)11-15/h4-5,8,10-11,14H,6-7,9,12H2,1-3H3,(H,20,23). The lowest BCUT2D eigenvalue weighted by Crippen LogP contribution is -2.33. The van der Waals surface area contributed by atoms with Gasteiger partial charge in [-0.1, -0.05) is 0 Å². The Morgan fingerprint density at radius 1 is 1.46 bits per heavy atom. The summed E-state index contributed by atoms with van der Waals surface area (Å²) >= 11 is 0. The number of carbonyl (C=O) groups is 1. The van der Waals surface area contributed by atoms with Crippen LogP contribution in [0.5, 0.6) is 5.75 Å². The monoisotopic (exact) mass is 328 g/mol. The van der Waals surface area contributed by atoms with E-state index in [4.69, 9.17) is 4.74 Å². The number of nitrogens with one attached hydrogen (secondary N) is 1. The molecule has 0 aliphatic carbocycles. The van der Waals surface area contributed by atoms with Crippen LogP contribution in [0.4, 0.5) is 10.5 Å². The number of anilines is 1. The molecule has 0 spiro atoms. The molecule has 1 aromatic carbocycles. The number of hydrogen-bond acceptors (Lipinski definition) is 3. The maximum absolute atomic E-state index is 12.4. The Bertz CT molecular complexity index is 726. The Hall–Kier alpha value is -2.50. The summed E-state index contributed by atoms with van der Waals surface area (Å²) in [6.07, 6.45) is 5.95. The maximum atomic E-state index is 12.4. The number of urea groups is 1. The van der Waals surface area contributed by atoms with Crippen molar-refractivity contribution >= 4 is 11.7 Å². The lowest BCUT2D eigenvalue weighted by Gasteiger charge is -2.18. The summed E-state index contributed by atoms with van der Waals surface area (Å²) in [7, 11) is 3.57. The SMILES string of the molecule is COc1ccc(NC(=O)N2CCC(Cc3cnn(C)c3)C2)cc1C. The van der Waals surface area contributed by atoms with Gasteiger partial charge in [0.2, 0.25) is 0 Å². The van der Waals surface area contributed by atoms with Gasteiger partial charge in [0.15, 0.2) is 0 Å². The highest BCUT2D eigenvalue weighted by Crippen LogP contribution is 2.24. The molecule has 2 amide bonds. The van der Waals surface area contributed by atoms with Crippen molar-refractivity contribution in [1.82, 2.24) is 14.7 Å². The summed E-state index contributed by atoms with van der Waals surface area (Å²) in [5, 5.41) is 7.18. The molecular formula is C18H24N4O2. The molecule has 6 nitrogen and oxygen atoms in total. The van der Waals surface area contributed by atoms with Gasteiger partial charge in [-0.05, 0) is 55.0 Å². The van der Waals surface area contributed by atoms with Gasteiger partial charge in [0.25, 0.3) is 0 Å². The number of nitrogens with zero attached hydrogens (tertiary/aromatic N) is 3. The van der Waals surface area contributed by atoms with Crippen LogP contribution in [-0.4, -0.2) is 40.9 Å². The second-order valence-corrected chi connectivity index (χ2v) is 6.44. The normalized spacial score (nSPS) is 17.1. The molecule has 6 heteroatoms. The fraction of sp³-hybridized carbons (Fsp3) is 0.444. The Balaban J connectivity index is 1.55. The van der Waals surface area contributed by atoms with E-state index in [0.29, 0.717) is 5.92 Å². The first kappa shape index (κ1) is 16.4. The fourth-order valence-corrected chi connectivity index (χ4v) is 3.25. The molecule has 2 heterocycles. The van der Waals surface area contributed by atoms with Crippen LogP contribution >= 0.6 is 0 Å². The smallest absolute Gasteiger partial charge is 0.321 e. The van der Waals surface area contributed by atoms with E-state index in [1.165, 1.54) is 5.56 Å². The van der Waals surface area contributed by atoms with Crippen LogP contribution in [0.15, 0.2) is 30.6 Å². The van der Waals surface area contributed by atoms with Gasteiger partial charge in [-0.3, -0.25) is 4.68 Å². The minimum absolute atomic E-state index is 0.0340. The number of amides is 2. The summed E-state index contributed by atoms with van der Waals surface area (Å²) in [4.78, 5) is 14.3. The molecule has 1 atom stereocenters. The summed E-state index contributed by atoms with van der Waals surface area (Å²) in [5.41, 5.74) is 3.04. The molecule has 2 aromatic rings. The second-order valence-electron chi connectivity index (χ2n) is 6.44. The minimum atomic E-state index is -0.0340. The molecule has 24 heavy (non-hydrogen) atoms. The first-order valence-electron chi connectivity index (χ1n) is 8.23. The van der Waals surface area contributed by atoms with E-state index in [1.807, 2.05) is 54.1 Å². The quantitative estimate of drug-likeness (QED) is 0.939. The minimum Gasteiger partial charge on any atom is -0.496 e. The van der Waals surface area contributed by atoms with E-state index in [0.717, 1.165) is 42.9 Å². The van der Waals surface area contributed by atoms with Crippen molar-refractivity contribution in [3.63, 3.8) is 0 Å². The fourth-order valence-electron chi connectivity index (χ4n) is 3.25. The molecule has 1 saturated heterocycles. The zero-order chi connectivity index (χ0) is 17.1. The van der Waals surface area contributed by atoms with Crippen LogP contribution in [0.2, 0.25) is 0 Å². The van der Waals surface area contributed by atoms with Crippen LogP contribution in [0.1, 0.15) is 17.5 Å². The number of ether oxygens (including phenoxy) is 1. The van der Waals surface area contributed by atoms with Gasteiger partial charge in [0, 0.05) is 32.0 Å². The van der Waals surface area contributed by atoms with Crippen molar-refractivity contribution in [3.05, 3.63) is 41.7 Å². The molecule has 0 saturated carbocycles. The highest BCUT2D eigenvalue weighted by Gasteiger charge is 2.26. The van der Waals surface area contributed by atoms with E-state index in [1.54, 1.807) is 7.11 Å². The third-order valence-corrected chi connectivity index (χ3v) is 4.50. The topological polar surface area (TPSA) is 59.4 Å². The van der Waals surface area contributed by atoms with E-state index < -0.39 is 0 Å². The van der Waals surface area contributed by atoms with Gasteiger partial charge < -0.3 is 15.0 Å². The van der Waals surface area contributed by atoms with Crippen molar-refractivity contribution in [3.8, 4) is 5.75 Å². The van der Waals surface area contributed by atoms with Crippen LogP contribution in [0, 0.1) is 12.8 Å². The predicted octanol–water partition coefficient (Wildman–Crippen LogP) is 2.83. The average Bonchev–Trinajstić information content (AvgIpc) is 3.17. The lowest BCUT2D eigenvalue weighted by molar-refractivity contribution is 0.221. The molecule has 1 aromatic heterocycles. The number of methoxy groups -OCH3 is 1. The van der Waals surface area contributed by atoms with Crippen LogP contribution in [0.25, 0.3) is 0 Å². The van der Waals surface area contributed by atoms with Crippen molar-refractivity contribution < 1.29 is 9.53 Å². The van der Waals surface area contributed by atoms with Gasteiger partial charge in [0.1, 0.15) is 5.75 Å². The van der Waals surface area contributed by atoms with Crippen LogP contribution < -0.4 is 10.1 Å². The van der Waals surface area contributed by atoms with E-state index in [-0.39, 0.29) is 6.03 Å². The van der Waals surface area contributed by atoms with Crippen molar-refractivity contribution in [1.29, 1.82) is 0 Å². The third-order valence-electron chi connectivity index (χ3n) is 4.50. The molecule has 1 aliphatic heterocycles. The van der Waals surface area contributed by atoms with Gasteiger partial charge in [0.05, 0.1) is 13.3 Å².